The number of benzene rings is 2. The van der Waals surface area contributed by atoms with Crippen LogP contribution in [0.2, 0.25) is 5.02 Å². The van der Waals surface area contributed by atoms with Crippen molar-refractivity contribution >= 4 is 35.2 Å². The van der Waals surface area contributed by atoms with E-state index in [1.54, 1.807) is 12.1 Å². The number of halogens is 1. The molecule has 2 aromatic carbocycles. The summed E-state index contributed by atoms with van der Waals surface area (Å²) in [4.78, 5) is 24.8. The number of nitrogens with one attached hydrogen (secondary N) is 2. The molecule has 0 bridgehead atoms. The number of amides is 2. The largest absolute Gasteiger partial charge is 0.350 e. The molecule has 6 heteroatoms. The molecule has 0 aliphatic rings. The molecular formula is C19H21ClN2O2S. The Bertz CT molecular complexity index is 717. The Morgan fingerprint density at radius 1 is 1.08 bits per heavy atom. The van der Waals surface area contributed by atoms with E-state index < -0.39 is 6.04 Å². The van der Waals surface area contributed by atoms with Crippen LogP contribution in [0.1, 0.15) is 18.1 Å². The van der Waals surface area contributed by atoms with Crippen LogP contribution >= 0.6 is 23.4 Å². The fourth-order valence-electron chi connectivity index (χ4n) is 2.16. The first-order chi connectivity index (χ1) is 11.9. The summed E-state index contributed by atoms with van der Waals surface area (Å²) in [6.45, 7) is 3.86. The van der Waals surface area contributed by atoms with E-state index in [1.807, 2.05) is 43.3 Å². The van der Waals surface area contributed by atoms with Gasteiger partial charge < -0.3 is 10.6 Å². The minimum Gasteiger partial charge on any atom is -0.350 e. The van der Waals surface area contributed by atoms with E-state index in [-0.39, 0.29) is 11.8 Å². The van der Waals surface area contributed by atoms with Crippen molar-refractivity contribution in [3.05, 3.63) is 64.7 Å². The molecule has 0 radical (unpaired) electrons. The smallest absolute Gasteiger partial charge is 0.243 e. The molecule has 2 amide bonds. The van der Waals surface area contributed by atoms with Gasteiger partial charge in [0.1, 0.15) is 6.04 Å². The Balaban J connectivity index is 1.92. The first-order valence-corrected chi connectivity index (χ1v) is 9.29. The molecule has 0 aromatic heterocycles. The van der Waals surface area contributed by atoms with Gasteiger partial charge in [-0.25, -0.2) is 0 Å². The van der Waals surface area contributed by atoms with Gasteiger partial charge in [-0.1, -0.05) is 41.4 Å². The summed E-state index contributed by atoms with van der Waals surface area (Å²) >= 11 is 7.37. The highest BCUT2D eigenvalue weighted by Crippen LogP contribution is 2.21. The summed E-state index contributed by atoms with van der Waals surface area (Å²) in [6.07, 6.45) is 0. The fourth-order valence-corrected chi connectivity index (χ4v) is 3.21. The molecule has 0 saturated heterocycles. The first-order valence-electron chi connectivity index (χ1n) is 7.93. The van der Waals surface area contributed by atoms with Crippen molar-refractivity contribution in [3.8, 4) is 0 Å². The Morgan fingerprint density at radius 2 is 1.72 bits per heavy atom. The summed E-state index contributed by atoms with van der Waals surface area (Å²) in [5.74, 6) is 0.0189. The third-order valence-corrected chi connectivity index (χ3v) is 4.87. The van der Waals surface area contributed by atoms with Gasteiger partial charge in [0.05, 0.1) is 0 Å². The van der Waals surface area contributed by atoms with Gasteiger partial charge in [0, 0.05) is 29.1 Å². The number of aryl methyl sites for hydroxylation is 1. The molecule has 0 aliphatic heterocycles. The van der Waals surface area contributed by atoms with E-state index in [4.69, 9.17) is 11.6 Å². The lowest BCUT2D eigenvalue weighted by Crippen LogP contribution is -2.47. The monoisotopic (exact) mass is 376 g/mol. The highest BCUT2D eigenvalue weighted by Gasteiger charge is 2.19. The van der Waals surface area contributed by atoms with Crippen LogP contribution in [-0.4, -0.2) is 23.6 Å². The maximum Gasteiger partial charge on any atom is 0.243 e. The number of hydrogen-bond acceptors (Lipinski definition) is 3. The van der Waals surface area contributed by atoms with Crippen LogP contribution in [0.4, 0.5) is 0 Å². The molecule has 4 nitrogen and oxygen atoms in total. The molecule has 0 saturated carbocycles. The van der Waals surface area contributed by atoms with Gasteiger partial charge in [-0.3, -0.25) is 9.59 Å². The second-order valence-electron chi connectivity index (χ2n) is 5.72. The zero-order valence-corrected chi connectivity index (χ0v) is 15.8. The van der Waals surface area contributed by atoms with E-state index in [9.17, 15) is 9.59 Å². The maximum absolute atomic E-state index is 12.4. The van der Waals surface area contributed by atoms with Crippen molar-refractivity contribution in [3.63, 3.8) is 0 Å². The number of rotatable bonds is 7. The van der Waals surface area contributed by atoms with Gasteiger partial charge in [0.15, 0.2) is 0 Å². The van der Waals surface area contributed by atoms with E-state index in [0.717, 1.165) is 10.5 Å². The molecule has 25 heavy (non-hydrogen) atoms. The van der Waals surface area contributed by atoms with E-state index in [2.05, 4.69) is 10.6 Å². The van der Waals surface area contributed by atoms with Crippen LogP contribution in [0, 0.1) is 6.92 Å². The third-order valence-electron chi connectivity index (χ3n) is 3.51. The molecule has 0 heterocycles. The van der Waals surface area contributed by atoms with Crippen molar-refractivity contribution in [1.82, 2.24) is 10.6 Å². The third kappa shape index (κ3) is 6.80. The summed E-state index contributed by atoms with van der Waals surface area (Å²) in [5.41, 5.74) is 2.19. The summed E-state index contributed by atoms with van der Waals surface area (Å²) in [5, 5.41) is 6.26. The zero-order valence-electron chi connectivity index (χ0n) is 14.2. The number of carbonyl (C=O) groups excluding carboxylic acids is 2. The average Bonchev–Trinajstić information content (AvgIpc) is 2.59. The minimum atomic E-state index is -0.594. The Labute approximate surface area is 157 Å². The van der Waals surface area contributed by atoms with Crippen molar-refractivity contribution in [2.24, 2.45) is 0 Å². The van der Waals surface area contributed by atoms with Gasteiger partial charge in [-0.15, -0.1) is 11.8 Å². The van der Waals surface area contributed by atoms with Gasteiger partial charge in [-0.05, 0) is 36.8 Å². The van der Waals surface area contributed by atoms with E-state index in [1.165, 1.54) is 24.2 Å². The SMILES string of the molecule is CC(=O)NC(CSc1ccc(Cl)cc1)C(=O)NCc1ccc(C)cc1. The van der Waals surface area contributed by atoms with Gasteiger partial charge >= 0.3 is 0 Å². The van der Waals surface area contributed by atoms with Crippen LogP contribution in [0.15, 0.2) is 53.4 Å². The van der Waals surface area contributed by atoms with E-state index >= 15 is 0 Å². The Hall–Kier alpha value is -1.98. The molecule has 2 N–H and O–H groups in total. The average molecular weight is 377 g/mol. The normalized spacial score (nSPS) is 11.6. The quantitative estimate of drug-likeness (QED) is 0.726. The highest BCUT2D eigenvalue weighted by molar-refractivity contribution is 7.99. The van der Waals surface area contributed by atoms with Crippen molar-refractivity contribution in [2.75, 3.05) is 5.75 Å². The Kier molecular flexibility index (Phi) is 7.34. The lowest BCUT2D eigenvalue weighted by atomic mass is 10.1. The van der Waals surface area contributed by atoms with Crippen molar-refractivity contribution in [1.29, 1.82) is 0 Å². The first kappa shape index (κ1) is 19.3. The zero-order chi connectivity index (χ0) is 18.2. The minimum absolute atomic E-state index is 0.197. The number of hydrogen-bond donors (Lipinski definition) is 2. The van der Waals surface area contributed by atoms with Crippen molar-refractivity contribution < 1.29 is 9.59 Å². The molecule has 0 aliphatic carbocycles. The molecule has 2 rings (SSSR count). The summed E-state index contributed by atoms with van der Waals surface area (Å²) < 4.78 is 0. The molecule has 132 valence electrons. The van der Waals surface area contributed by atoms with Crippen LogP contribution in [0.25, 0.3) is 0 Å². The lowest BCUT2D eigenvalue weighted by molar-refractivity contribution is -0.127. The summed E-state index contributed by atoms with van der Waals surface area (Å²) in [7, 11) is 0. The molecule has 2 aromatic rings. The fraction of sp³-hybridized carbons (Fsp3) is 0.263. The maximum atomic E-state index is 12.4. The number of carbonyl (C=O) groups is 2. The Morgan fingerprint density at radius 3 is 2.32 bits per heavy atom. The molecular weight excluding hydrogens is 356 g/mol. The summed E-state index contributed by atoms with van der Waals surface area (Å²) in [6, 6.07) is 14.8. The molecule has 0 fully saturated rings. The predicted octanol–water partition coefficient (Wildman–Crippen LogP) is 3.56. The molecule has 1 atom stereocenters. The molecule has 0 spiro atoms. The predicted molar refractivity (Wildman–Crippen MR) is 103 cm³/mol. The highest BCUT2D eigenvalue weighted by atomic mass is 35.5. The molecule has 1 unspecified atom stereocenters. The van der Waals surface area contributed by atoms with Crippen LogP contribution < -0.4 is 10.6 Å². The topological polar surface area (TPSA) is 58.2 Å². The lowest BCUT2D eigenvalue weighted by Gasteiger charge is -2.17. The number of thioether (sulfide) groups is 1. The van der Waals surface area contributed by atoms with E-state index in [0.29, 0.717) is 17.3 Å². The van der Waals surface area contributed by atoms with Crippen LogP contribution in [0.3, 0.4) is 0 Å². The van der Waals surface area contributed by atoms with Gasteiger partial charge in [0.2, 0.25) is 11.8 Å². The standard InChI is InChI=1S/C19H21ClN2O2S/c1-13-3-5-15(6-4-13)11-21-19(24)18(22-14(2)23)12-25-17-9-7-16(20)8-10-17/h3-10,18H,11-12H2,1-2H3,(H,21,24)(H,22,23). The van der Waals surface area contributed by atoms with Gasteiger partial charge in [0.25, 0.3) is 0 Å². The van der Waals surface area contributed by atoms with Gasteiger partial charge in [-0.2, -0.15) is 0 Å². The van der Waals surface area contributed by atoms with Crippen molar-refractivity contribution in [2.45, 2.75) is 31.3 Å². The van der Waals surface area contributed by atoms with Crippen LogP contribution in [0.5, 0.6) is 0 Å². The van der Waals surface area contributed by atoms with Crippen LogP contribution in [-0.2, 0) is 16.1 Å². The second kappa shape index (κ2) is 9.49. The second-order valence-corrected chi connectivity index (χ2v) is 7.25.